The Morgan fingerprint density at radius 1 is 0.647 bits per heavy atom. The Morgan fingerprint density at radius 3 is 1.41 bits per heavy atom. The van der Waals surface area contributed by atoms with Crippen molar-refractivity contribution in [1.82, 2.24) is 0 Å². The van der Waals surface area contributed by atoms with E-state index in [1.54, 1.807) is 18.2 Å². The Labute approximate surface area is 201 Å². The minimum atomic E-state index is -0.719. The fourth-order valence-corrected chi connectivity index (χ4v) is 2.57. The number of ether oxygens (including phenoxy) is 3. The minimum Gasteiger partial charge on any atom is -0.466 e. The van der Waals surface area contributed by atoms with Crippen molar-refractivity contribution < 1.29 is 28.6 Å². The number of carbonyl (C=O) groups excluding carboxylic acids is 3. The predicted molar refractivity (Wildman–Crippen MR) is 135 cm³/mol. The highest BCUT2D eigenvalue weighted by molar-refractivity contribution is 6.17. The van der Waals surface area contributed by atoms with E-state index in [1.165, 1.54) is 33.5 Å². The molecule has 0 spiro atoms. The zero-order valence-electron chi connectivity index (χ0n) is 20.7. The Balaban J connectivity index is 0.000000350. The molecule has 8 heteroatoms. The maximum absolute atomic E-state index is 11.5. The Hall–Kier alpha value is -4.07. The van der Waals surface area contributed by atoms with Gasteiger partial charge in [-0.15, -0.1) is 0 Å². The second kappa shape index (κ2) is 14.2. The molecule has 0 bridgehead atoms. The third-order valence-electron chi connectivity index (χ3n) is 4.55. The predicted octanol–water partition coefficient (Wildman–Crippen LogP) is 3.42. The second-order valence-electron chi connectivity index (χ2n) is 7.37. The molecule has 0 unspecified atom stereocenters. The summed E-state index contributed by atoms with van der Waals surface area (Å²) in [5.74, 6) is -1.78. The van der Waals surface area contributed by atoms with Gasteiger partial charge in [0.25, 0.3) is 0 Å². The first kappa shape index (κ1) is 28.0. The molecular weight excluding hydrogens is 436 g/mol. The number of methoxy groups -OCH3 is 3. The van der Waals surface area contributed by atoms with E-state index in [-0.39, 0.29) is 11.5 Å². The highest BCUT2D eigenvalue weighted by Gasteiger charge is 2.19. The number of benzene rings is 2. The summed E-state index contributed by atoms with van der Waals surface area (Å²) in [6.45, 7) is 0. The average Bonchev–Trinajstić information content (AvgIpc) is 2.85. The molecule has 182 valence electrons. The molecule has 0 radical (unpaired) electrons. The van der Waals surface area contributed by atoms with Gasteiger partial charge in [0.15, 0.2) is 0 Å². The molecule has 0 saturated heterocycles. The van der Waals surface area contributed by atoms with Crippen LogP contribution >= 0.6 is 0 Å². The summed E-state index contributed by atoms with van der Waals surface area (Å²) < 4.78 is 13.6. The molecule has 0 aliphatic carbocycles. The molecule has 0 atom stereocenters. The topological polar surface area (TPSA) is 85.4 Å². The SMILES string of the molecule is COC(=O)/C=C/c1ccc(N(C)C)cc1.COC(=O)C(=Cc1ccc(N(C)C)cc1)C(=O)OC. The summed E-state index contributed by atoms with van der Waals surface area (Å²) >= 11 is 0. The molecule has 8 nitrogen and oxygen atoms in total. The lowest BCUT2D eigenvalue weighted by atomic mass is 10.1. The van der Waals surface area contributed by atoms with Crippen molar-refractivity contribution in [2.75, 3.05) is 59.3 Å². The van der Waals surface area contributed by atoms with Gasteiger partial charge in [-0.2, -0.15) is 0 Å². The largest absolute Gasteiger partial charge is 0.466 e. The van der Waals surface area contributed by atoms with E-state index < -0.39 is 11.9 Å². The molecule has 0 fully saturated rings. The van der Waals surface area contributed by atoms with E-state index >= 15 is 0 Å². The quantitative estimate of drug-likeness (QED) is 0.201. The number of hydrogen-bond donors (Lipinski definition) is 0. The number of anilines is 2. The fraction of sp³-hybridized carbons (Fsp3) is 0.269. The molecule has 0 aliphatic rings. The smallest absolute Gasteiger partial charge is 0.345 e. The van der Waals surface area contributed by atoms with Crippen molar-refractivity contribution in [1.29, 1.82) is 0 Å². The van der Waals surface area contributed by atoms with Gasteiger partial charge in [0, 0.05) is 45.6 Å². The second-order valence-corrected chi connectivity index (χ2v) is 7.37. The summed E-state index contributed by atoms with van der Waals surface area (Å²) in [6, 6.07) is 15.3. The molecule has 2 aromatic rings. The zero-order valence-corrected chi connectivity index (χ0v) is 20.7. The van der Waals surface area contributed by atoms with Crippen molar-refractivity contribution in [2.24, 2.45) is 0 Å². The van der Waals surface area contributed by atoms with E-state index in [4.69, 9.17) is 0 Å². The Morgan fingerprint density at radius 2 is 1.06 bits per heavy atom. The molecule has 2 rings (SSSR count). The summed E-state index contributed by atoms with van der Waals surface area (Å²) in [4.78, 5) is 37.8. The lowest BCUT2D eigenvalue weighted by molar-refractivity contribution is -0.144. The van der Waals surface area contributed by atoms with Crippen molar-refractivity contribution >= 4 is 41.4 Å². The maximum atomic E-state index is 11.5. The van der Waals surface area contributed by atoms with Gasteiger partial charge in [0.2, 0.25) is 0 Å². The van der Waals surface area contributed by atoms with E-state index in [2.05, 4.69) is 14.2 Å². The van der Waals surface area contributed by atoms with Crippen LogP contribution in [0.3, 0.4) is 0 Å². The van der Waals surface area contributed by atoms with Crippen LogP contribution in [0.25, 0.3) is 12.2 Å². The van der Waals surface area contributed by atoms with Gasteiger partial charge in [0.05, 0.1) is 21.3 Å². The van der Waals surface area contributed by atoms with Gasteiger partial charge in [-0.05, 0) is 47.5 Å². The Kier molecular flexibility index (Phi) is 11.6. The molecular formula is C26H32N2O6. The van der Waals surface area contributed by atoms with Crippen LogP contribution in [0.2, 0.25) is 0 Å². The molecule has 34 heavy (non-hydrogen) atoms. The average molecular weight is 469 g/mol. The fourth-order valence-electron chi connectivity index (χ4n) is 2.57. The summed E-state index contributed by atoms with van der Waals surface area (Å²) in [5.41, 5.74) is 3.71. The van der Waals surface area contributed by atoms with Crippen molar-refractivity contribution in [3.8, 4) is 0 Å². The third-order valence-corrected chi connectivity index (χ3v) is 4.55. The van der Waals surface area contributed by atoms with E-state index in [9.17, 15) is 14.4 Å². The molecule has 0 aromatic heterocycles. The van der Waals surface area contributed by atoms with Gasteiger partial charge < -0.3 is 24.0 Å². The third kappa shape index (κ3) is 9.20. The van der Waals surface area contributed by atoms with Gasteiger partial charge in [-0.25, -0.2) is 14.4 Å². The summed E-state index contributed by atoms with van der Waals surface area (Å²) in [5, 5.41) is 0. The van der Waals surface area contributed by atoms with Crippen LogP contribution in [0.1, 0.15) is 11.1 Å². The monoisotopic (exact) mass is 468 g/mol. The van der Waals surface area contributed by atoms with Crippen LogP contribution in [0.4, 0.5) is 11.4 Å². The molecule has 0 heterocycles. The molecule has 0 saturated carbocycles. The molecule has 0 aliphatic heterocycles. The first-order valence-electron chi connectivity index (χ1n) is 10.3. The van der Waals surface area contributed by atoms with Gasteiger partial charge in [-0.1, -0.05) is 24.3 Å². The molecule has 2 aromatic carbocycles. The van der Waals surface area contributed by atoms with Crippen LogP contribution in [0.5, 0.6) is 0 Å². The highest BCUT2D eigenvalue weighted by Crippen LogP contribution is 2.16. The Bertz CT molecular complexity index is 989. The van der Waals surface area contributed by atoms with E-state index in [0.29, 0.717) is 0 Å². The minimum absolute atomic E-state index is 0.136. The number of esters is 3. The molecule has 0 amide bonds. The van der Waals surface area contributed by atoms with Crippen molar-refractivity contribution in [3.63, 3.8) is 0 Å². The molecule has 0 N–H and O–H groups in total. The number of hydrogen-bond acceptors (Lipinski definition) is 8. The number of rotatable bonds is 7. The number of carbonyl (C=O) groups is 3. The van der Waals surface area contributed by atoms with Crippen LogP contribution in [0.15, 0.2) is 60.2 Å². The van der Waals surface area contributed by atoms with Gasteiger partial charge in [0.1, 0.15) is 5.57 Å². The highest BCUT2D eigenvalue weighted by atomic mass is 16.5. The lowest BCUT2D eigenvalue weighted by Gasteiger charge is -2.12. The van der Waals surface area contributed by atoms with Gasteiger partial charge in [-0.3, -0.25) is 0 Å². The zero-order chi connectivity index (χ0) is 25.7. The number of nitrogens with zero attached hydrogens (tertiary/aromatic N) is 2. The van der Waals surface area contributed by atoms with Crippen LogP contribution in [-0.4, -0.2) is 67.4 Å². The van der Waals surface area contributed by atoms with Crippen molar-refractivity contribution in [3.05, 3.63) is 71.3 Å². The first-order chi connectivity index (χ1) is 16.1. The summed E-state index contributed by atoms with van der Waals surface area (Å²) in [6.07, 6.45) is 4.58. The van der Waals surface area contributed by atoms with E-state index in [1.807, 2.05) is 74.4 Å². The summed E-state index contributed by atoms with van der Waals surface area (Å²) in [7, 11) is 11.6. The van der Waals surface area contributed by atoms with Crippen LogP contribution in [0, 0.1) is 0 Å². The standard InChI is InChI=1S/C14H17NO4.C12H15NO2/c1-15(2)11-7-5-10(6-8-11)9-12(13(16)18-3)14(17)19-4;1-13(2)11-7-4-10(5-8-11)6-9-12(14)15-3/h5-9H,1-4H3;4-9H,1-3H3/b;9-6+. The van der Waals surface area contributed by atoms with E-state index in [0.717, 1.165) is 22.5 Å². The van der Waals surface area contributed by atoms with Gasteiger partial charge >= 0.3 is 17.9 Å². The van der Waals surface area contributed by atoms with Crippen molar-refractivity contribution in [2.45, 2.75) is 0 Å². The van der Waals surface area contributed by atoms with Crippen LogP contribution < -0.4 is 9.80 Å². The lowest BCUT2D eigenvalue weighted by Crippen LogP contribution is -2.15. The maximum Gasteiger partial charge on any atom is 0.345 e. The first-order valence-corrected chi connectivity index (χ1v) is 10.3. The normalized spacial score (nSPS) is 9.85. The van der Waals surface area contributed by atoms with Crippen LogP contribution in [-0.2, 0) is 28.6 Å².